The molecule has 1 heterocycles. The first-order chi connectivity index (χ1) is 14.5. The highest BCUT2D eigenvalue weighted by Gasteiger charge is 2.20. The van der Waals surface area contributed by atoms with Gasteiger partial charge in [-0.1, -0.05) is 18.2 Å². The van der Waals surface area contributed by atoms with Gasteiger partial charge in [0.1, 0.15) is 11.6 Å². The second kappa shape index (κ2) is 10.7. The molecule has 0 saturated carbocycles. The van der Waals surface area contributed by atoms with Crippen LogP contribution in [-0.2, 0) is 16.1 Å². The predicted molar refractivity (Wildman–Crippen MR) is 113 cm³/mol. The monoisotopic (exact) mass is 414 g/mol. The molecular formula is C22H27FN4O3. The van der Waals surface area contributed by atoms with Gasteiger partial charge in [-0.15, -0.1) is 0 Å². The second-order valence-electron chi connectivity index (χ2n) is 7.20. The number of hydrogen-bond donors (Lipinski definition) is 2. The SMILES string of the molecule is COc1ccccc1CNC(=O)CN1CCN(CC(=O)Nc2ccc(F)cc2)CC1. The van der Waals surface area contributed by atoms with Crippen LogP contribution in [0.25, 0.3) is 0 Å². The maximum atomic E-state index is 12.9. The van der Waals surface area contributed by atoms with Crippen molar-refractivity contribution < 1.29 is 18.7 Å². The lowest BCUT2D eigenvalue weighted by atomic mass is 10.2. The van der Waals surface area contributed by atoms with Gasteiger partial charge >= 0.3 is 0 Å². The summed E-state index contributed by atoms with van der Waals surface area (Å²) < 4.78 is 18.2. The standard InChI is InChI=1S/C22H27FN4O3/c1-30-20-5-3-2-4-17(20)14-24-21(28)15-26-10-12-27(13-11-26)16-22(29)25-19-8-6-18(23)7-9-19/h2-9H,10-16H2,1H3,(H,24,28)(H,25,29). The van der Waals surface area contributed by atoms with Crippen molar-refractivity contribution >= 4 is 17.5 Å². The third kappa shape index (κ3) is 6.53. The Kier molecular flexibility index (Phi) is 7.75. The van der Waals surface area contributed by atoms with E-state index in [0.717, 1.165) is 11.3 Å². The van der Waals surface area contributed by atoms with E-state index in [1.807, 2.05) is 29.2 Å². The molecule has 2 aromatic rings. The summed E-state index contributed by atoms with van der Waals surface area (Å²) in [5.74, 6) is 0.245. The van der Waals surface area contributed by atoms with Crippen molar-refractivity contribution in [2.75, 3.05) is 51.7 Å². The maximum Gasteiger partial charge on any atom is 0.238 e. The molecule has 30 heavy (non-hydrogen) atoms. The van der Waals surface area contributed by atoms with Crippen molar-refractivity contribution in [3.05, 3.63) is 59.9 Å². The molecule has 1 fully saturated rings. The lowest BCUT2D eigenvalue weighted by Crippen LogP contribution is -2.50. The van der Waals surface area contributed by atoms with Crippen LogP contribution in [0.3, 0.4) is 0 Å². The first kappa shape index (κ1) is 21.7. The number of rotatable bonds is 8. The van der Waals surface area contributed by atoms with Gasteiger partial charge in [0.05, 0.1) is 20.2 Å². The number of amides is 2. The van der Waals surface area contributed by atoms with Crippen LogP contribution in [0.15, 0.2) is 48.5 Å². The number of piperazine rings is 1. The normalized spacial score (nSPS) is 14.9. The van der Waals surface area contributed by atoms with Gasteiger partial charge in [0.2, 0.25) is 11.8 Å². The smallest absolute Gasteiger partial charge is 0.238 e. The highest BCUT2D eigenvalue weighted by Crippen LogP contribution is 2.16. The Morgan fingerprint density at radius 1 is 0.933 bits per heavy atom. The minimum Gasteiger partial charge on any atom is -0.496 e. The molecule has 3 rings (SSSR count). The zero-order valence-corrected chi connectivity index (χ0v) is 17.1. The van der Waals surface area contributed by atoms with E-state index in [4.69, 9.17) is 4.74 Å². The average molecular weight is 414 g/mol. The Hall–Kier alpha value is -2.97. The summed E-state index contributed by atoms with van der Waals surface area (Å²) >= 11 is 0. The second-order valence-corrected chi connectivity index (χ2v) is 7.20. The van der Waals surface area contributed by atoms with Gasteiger partial charge in [0.25, 0.3) is 0 Å². The Morgan fingerprint density at radius 3 is 2.17 bits per heavy atom. The van der Waals surface area contributed by atoms with E-state index in [2.05, 4.69) is 15.5 Å². The number of benzene rings is 2. The van der Waals surface area contributed by atoms with Crippen molar-refractivity contribution in [2.45, 2.75) is 6.54 Å². The molecule has 1 aliphatic heterocycles. The Labute approximate surface area is 175 Å². The molecule has 0 unspecified atom stereocenters. The summed E-state index contributed by atoms with van der Waals surface area (Å²) in [6.45, 7) is 3.85. The van der Waals surface area contributed by atoms with E-state index in [0.29, 0.717) is 45.0 Å². The number of nitrogens with one attached hydrogen (secondary N) is 2. The summed E-state index contributed by atoms with van der Waals surface area (Å²) in [5, 5.41) is 5.70. The summed E-state index contributed by atoms with van der Waals surface area (Å²) in [6, 6.07) is 13.3. The van der Waals surface area contributed by atoms with E-state index < -0.39 is 0 Å². The van der Waals surface area contributed by atoms with Gasteiger partial charge in [0.15, 0.2) is 0 Å². The number of carbonyl (C=O) groups excluding carboxylic acids is 2. The molecule has 8 heteroatoms. The minimum absolute atomic E-state index is 0.0385. The van der Waals surface area contributed by atoms with Crippen LogP contribution in [0.4, 0.5) is 10.1 Å². The molecule has 2 amide bonds. The molecule has 0 aliphatic carbocycles. The van der Waals surface area contributed by atoms with E-state index in [1.165, 1.54) is 24.3 Å². The summed E-state index contributed by atoms with van der Waals surface area (Å²) in [7, 11) is 1.61. The topological polar surface area (TPSA) is 73.9 Å². The van der Waals surface area contributed by atoms with Crippen LogP contribution in [-0.4, -0.2) is 68.0 Å². The minimum atomic E-state index is -0.337. The van der Waals surface area contributed by atoms with Gasteiger partial charge in [0, 0.05) is 44.0 Å². The molecule has 7 nitrogen and oxygen atoms in total. The number of carbonyl (C=O) groups is 2. The zero-order chi connectivity index (χ0) is 21.3. The quantitative estimate of drug-likeness (QED) is 0.688. The molecule has 160 valence electrons. The van der Waals surface area contributed by atoms with Crippen LogP contribution in [0.5, 0.6) is 5.75 Å². The molecule has 0 radical (unpaired) electrons. The number of hydrogen-bond acceptors (Lipinski definition) is 5. The molecule has 1 saturated heterocycles. The number of ether oxygens (including phenoxy) is 1. The predicted octanol–water partition coefficient (Wildman–Crippen LogP) is 1.71. The first-order valence-electron chi connectivity index (χ1n) is 9.92. The van der Waals surface area contributed by atoms with Crippen LogP contribution in [0.2, 0.25) is 0 Å². The third-order valence-electron chi connectivity index (χ3n) is 5.00. The van der Waals surface area contributed by atoms with E-state index in [1.54, 1.807) is 7.11 Å². The number of nitrogens with zero attached hydrogens (tertiary/aromatic N) is 2. The highest BCUT2D eigenvalue weighted by molar-refractivity contribution is 5.92. The summed E-state index contributed by atoms with van der Waals surface area (Å²) in [6.07, 6.45) is 0. The Bertz CT molecular complexity index is 852. The lowest BCUT2D eigenvalue weighted by Gasteiger charge is -2.33. The molecule has 0 spiro atoms. The van der Waals surface area contributed by atoms with Crippen molar-refractivity contribution in [1.29, 1.82) is 0 Å². The first-order valence-corrected chi connectivity index (χ1v) is 9.92. The van der Waals surface area contributed by atoms with Crippen LogP contribution in [0, 0.1) is 5.82 Å². The Morgan fingerprint density at radius 2 is 1.53 bits per heavy atom. The average Bonchev–Trinajstić information content (AvgIpc) is 2.75. The molecule has 1 aliphatic rings. The van der Waals surface area contributed by atoms with Gasteiger partial charge in [-0.2, -0.15) is 0 Å². The zero-order valence-electron chi connectivity index (χ0n) is 17.1. The number of para-hydroxylation sites is 1. The van der Waals surface area contributed by atoms with Crippen molar-refractivity contribution in [2.24, 2.45) is 0 Å². The van der Waals surface area contributed by atoms with E-state index in [-0.39, 0.29) is 24.2 Å². The van der Waals surface area contributed by atoms with E-state index in [9.17, 15) is 14.0 Å². The number of anilines is 1. The van der Waals surface area contributed by atoms with Gasteiger partial charge in [-0.05, 0) is 30.3 Å². The van der Waals surface area contributed by atoms with Gasteiger partial charge in [-0.25, -0.2) is 4.39 Å². The number of halogens is 1. The summed E-state index contributed by atoms with van der Waals surface area (Å²) in [5.41, 5.74) is 1.51. The van der Waals surface area contributed by atoms with Crippen LogP contribution in [0.1, 0.15) is 5.56 Å². The fourth-order valence-corrected chi connectivity index (χ4v) is 3.34. The van der Waals surface area contributed by atoms with Crippen LogP contribution >= 0.6 is 0 Å². The molecule has 2 aromatic carbocycles. The fraction of sp³-hybridized carbons (Fsp3) is 0.364. The summed E-state index contributed by atoms with van der Waals surface area (Å²) in [4.78, 5) is 28.6. The molecule has 0 bridgehead atoms. The van der Waals surface area contributed by atoms with Crippen molar-refractivity contribution in [3.8, 4) is 5.75 Å². The molecule has 2 N–H and O–H groups in total. The van der Waals surface area contributed by atoms with Gasteiger partial charge in [-0.3, -0.25) is 19.4 Å². The van der Waals surface area contributed by atoms with E-state index >= 15 is 0 Å². The van der Waals surface area contributed by atoms with Gasteiger partial charge < -0.3 is 15.4 Å². The van der Waals surface area contributed by atoms with Crippen LogP contribution < -0.4 is 15.4 Å². The largest absolute Gasteiger partial charge is 0.496 e. The lowest BCUT2D eigenvalue weighted by molar-refractivity contribution is -0.123. The number of methoxy groups -OCH3 is 1. The van der Waals surface area contributed by atoms with Crippen molar-refractivity contribution in [1.82, 2.24) is 15.1 Å². The van der Waals surface area contributed by atoms with Crippen molar-refractivity contribution in [3.63, 3.8) is 0 Å². The highest BCUT2D eigenvalue weighted by atomic mass is 19.1. The molecular weight excluding hydrogens is 387 g/mol. The molecule has 0 aromatic heterocycles. The fourth-order valence-electron chi connectivity index (χ4n) is 3.34. The maximum absolute atomic E-state index is 12.9. The third-order valence-corrected chi connectivity index (χ3v) is 5.00. The Balaban J connectivity index is 1.36. The molecule has 0 atom stereocenters.